The molecule has 0 aliphatic rings. The van der Waals surface area contributed by atoms with Gasteiger partial charge in [-0.3, -0.25) is 14.2 Å². The van der Waals surface area contributed by atoms with Crippen molar-refractivity contribution in [3.63, 3.8) is 0 Å². The maximum absolute atomic E-state index is 13.2. The molecule has 3 rings (SSSR count). The van der Waals surface area contributed by atoms with Crippen molar-refractivity contribution >= 4 is 5.91 Å². The third-order valence-corrected chi connectivity index (χ3v) is 4.48. The average Bonchev–Trinajstić information content (AvgIpc) is 2.72. The minimum absolute atomic E-state index is 0.114. The molecule has 0 aliphatic carbocycles. The highest BCUT2D eigenvalue weighted by molar-refractivity contribution is 5.91. The van der Waals surface area contributed by atoms with Crippen LogP contribution in [-0.2, 0) is 6.54 Å². The van der Waals surface area contributed by atoms with Gasteiger partial charge in [0.25, 0.3) is 11.5 Å². The summed E-state index contributed by atoms with van der Waals surface area (Å²) in [5.74, 6) is -0.896. The van der Waals surface area contributed by atoms with Gasteiger partial charge in [0.1, 0.15) is 5.82 Å². The monoisotopic (exact) mass is 410 g/mol. The number of nitrogens with one attached hydrogen (secondary N) is 1. The maximum Gasteiger partial charge on any atom is 0.352 e. The van der Waals surface area contributed by atoms with Gasteiger partial charge in [0.2, 0.25) is 5.69 Å². The van der Waals surface area contributed by atoms with Gasteiger partial charge in [-0.05, 0) is 42.7 Å². The number of rotatable bonds is 6. The molecule has 8 heteroatoms. The molecule has 0 unspecified atom stereocenters. The Balaban J connectivity index is 2.14. The molecule has 3 aromatic rings. The van der Waals surface area contributed by atoms with E-state index in [1.807, 2.05) is 20.8 Å². The van der Waals surface area contributed by atoms with Crippen molar-refractivity contribution in [2.45, 2.75) is 27.3 Å². The van der Waals surface area contributed by atoms with Crippen molar-refractivity contribution < 1.29 is 9.18 Å². The van der Waals surface area contributed by atoms with Crippen LogP contribution >= 0.6 is 0 Å². The Bertz CT molecular complexity index is 1160. The molecule has 0 spiro atoms. The number of benzene rings is 2. The number of halogens is 1. The van der Waals surface area contributed by atoms with Gasteiger partial charge < -0.3 is 5.32 Å². The quantitative estimate of drug-likeness (QED) is 0.676. The van der Waals surface area contributed by atoms with E-state index in [9.17, 15) is 18.8 Å². The average molecular weight is 410 g/mol. The summed E-state index contributed by atoms with van der Waals surface area (Å²) in [6.07, 6.45) is 0. The smallest absolute Gasteiger partial charge is 0.350 e. The van der Waals surface area contributed by atoms with E-state index in [1.54, 1.807) is 24.3 Å². The molecule has 2 aromatic carbocycles. The predicted octanol–water partition coefficient (Wildman–Crippen LogP) is 2.28. The first kappa shape index (κ1) is 21.2. The highest BCUT2D eigenvalue weighted by Crippen LogP contribution is 2.07. The van der Waals surface area contributed by atoms with Crippen LogP contribution in [0.5, 0.6) is 0 Å². The van der Waals surface area contributed by atoms with Gasteiger partial charge in [-0.15, -0.1) is 0 Å². The molecular formula is C22H23FN4O3. The SMILES string of the molecule is Cc1ccc(-n2nc(C(=O)NCC(C)C)c(=O)n(Cc3ccc(F)cc3)c2=O)cc1. The zero-order valence-corrected chi connectivity index (χ0v) is 17.1. The topological polar surface area (TPSA) is 86.0 Å². The fraction of sp³-hybridized carbons (Fsp3) is 0.273. The number of hydrogen-bond donors (Lipinski definition) is 1. The number of carbonyl (C=O) groups is 1. The third-order valence-electron chi connectivity index (χ3n) is 4.48. The number of hydrogen-bond acceptors (Lipinski definition) is 4. The molecule has 156 valence electrons. The highest BCUT2D eigenvalue weighted by atomic mass is 19.1. The molecule has 30 heavy (non-hydrogen) atoms. The van der Waals surface area contributed by atoms with Crippen LogP contribution in [0.2, 0.25) is 0 Å². The van der Waals surface area contributed by atoms with Crippen LogP contribution < -0.4 is 16.6 Å². The molecule has 0 bridgehead atoms. The van der Waals surface area contributed by atoms with Crippen molar-refractivity contribution in [1.29, 1.82) is 0 Å². The van der Waals surface area contributed by atoms with Gasteiger partial charge >= 0.3 is 5.69 Å². The van der Waals surface area contributed by atoms with Crippen molar-refractivity contribution in [3.8, 4) is 5.69 Å². The van der Waals surface area contributed by atoms with Crippen LogP contribution in [0.1, 0.15) is 35.5 Å². The van der Waals surface area contributed by atoms with E-state index in [-0.39, 0.29) is 18.2 Å². The summed E-state index contributed by atoms with van der Waals surface area (Å²) in [6.45, 7) is 6.00. The van der Waals surface area contributed by atoms with E-state index < -0.39 is 23.0 Å². The van der Waals surface area contributed by atoms with Gasteiger partial charge in [0, 0.05) is 6.54 Å². The number of aromatic nitrogens is 3. The maximum atomic E-state index is 13.2. The van der Waals surface area contributed by atoms with Crippen molar-refractivity contribution in [2.24, 2.45) is 5.92 Å². The lowest BCUT2D eigenvalue weighted by molar-refractivity contribution is 0.0939. The van der Waals surface area contributed by atoms with E-state index in [0.29, 0.717) is 17.8 Å². The molecule has 0 fully saturated rings. The molecule has 1 heterocycles. The fourth-order valence-corrected chi connectivity index (χ4v) is 2.80. The zero-order valence-electron chi connectivity index (χ0n) is 17.1. The molecule has 0 aliphatic heterocycles. The first-order valence-corrected chi connectivity index (χ1v) is 9.60. The van der Waals surface area contributed by atoms with Crippen LogP contribution in [-0.4, -0.2) is 26.8 Å². The number of aryl methyl sites for hydroxylation is 1. The summed E-state index contributed by atoms with van der Waals surface area (Å²) in [5, 5.41) is 6.73. The Morgan fingerprint density at radius 1 is 1.07 bits per heavy atom. The van der Waals surface area contributed by atoms with Gasteiger partial charge in [-0.1, -0.05) is 43.7 Å². The lowest BCUT2D eigenvalue weighted by Gasteiger charge is -2.13. The van der Waals surface area contributed by atoms with Crippen LogP contribution in [0.25, 0.3) is 5.69 Å². The summed E-state index contributed by atoms with van der Waals surface area (Å²) >= 11 is 0. The third kappa shape index (κ3) is 4.71. The van der Waals surface area contributed by atoms with Crippen LogP contribution in [0.3, 0.4) is 0 Å². The van der Waals surface area contributed by atoms with Crippen LogP contribution in [0.4, 0.5) is 4.39 Å². The Labute approximate surface area is 172 Å². The van der Waals surface area contributed by atoms with Gasteiger partial charge in [-0.2, -0.15) is 9.78 Å². The standard InChI is InChI=1S/C22H23FN4O3/c1-14(2)12-24-20(28)19-21(29)26(13-16-6-8-17(23)9-7-16)22(30)27(25-19)18-10-4-15(3)5-11-18/h4-11,14H,12-13H2,1-3H3,(H,24,28). The van der Waals surface area contributed by atoms with E-state index in [0.717, 1.165) is 14.8 Å². The molecule has 0 saturated heterocycles. The minimum atomic E-state index is -0.797. The van der Waals surface area contributed by atoms with Gasteiger partial charge in [0.05, 0.1) is 12.2 Å². The summed E-state index contributed by atoms with van der Waals surface area (Å²) in [6, 6.07) is 12.4. The molecular weight excluding hydrogens is 387 g/mol. The lowest BCUT2D eigenvalue weighted by atomic mass is 10.2. The van der Waals surface area contributed by atoms with Crippen LogP contribution in [0, 0.1) is 18.7 Å². The number of nitrogens with zero attached hydrogens (tertiary/aromatic N) is 3. The summed E-state index contributed by atoms with van der Waals surface area (Å²) in [7, 11) is 0. The van der Waals surface area contributed by atoms with E-state index >= 15 is 0 Å². The molecule has 7 nitrogen and oxygen atoms in total. The Kier molecular flexibility index (Phi) is 6.25. The van der Waals surface area contributed by atoms with Gasteiger partial charge in [-0.25, -0.2) is 9.18 Å². The Morgan fingerprint density at radius 2 is 1.70 bits per heavy atom. The molecule has 1 aromatic heterocycles. The van der Waals surface area contributed by atoms with E-state index in [1.165, 1.54) is 24.3 Å². The second-order valence-electron chi connectivity index (χ2n) is 7.50. The fourth-order valence-electron chi connectivity index (χ4n) is 2.80. The van der Waals surface area contributed by atoms with Crippen LogP contribution in [0.15, 0.2) is 58.1 Å². The normalized spacial score (nSPS) is 11.0. The molecule has 0 saturated carbocycles. The number of amides is 1. The predicted molar refractivity (Wildman–Crippen MR) is 112 cm³/mol. The lowest BCUT2D eigenvalue weighted by Crippen LogP contribution is -2.46. The molecule has 1 N–H and O–H groups in total. The highest BCUT2D eigenvalue weighted by Gasteiger charge is 2.20. The second-order valence-corrected chi connectivity index (χ2v) is 7.50. The summed E-state index contributed by atoms with van der Waals surface area (Å²) in [4.78, 5) is 38.6. The zero-order chi connectivity index (χ0) is 21.8. The second kappa shape index (κ2) is 8.86. The van der Waals surface area contributed by atoms with E-state index in [4.69, 9.17) is 0 Å². The Morgan fingerprint density at radius 3 is 2.30 bits per heavy atom. The van der Waals surface area contributed by atoms with E-state index in [2.05, 4.69) is 10.4 Å². The van der Waals surface area contributed by atoms with Crippen molar-refractivity contribution in [2.75, 3.05) is 6.54 Å². The largest absolute Gasteiger partial charge is 0.352 e. The van der Waals surface area contributed by atoms with Crippen molar-refractivity contribution in [3.05, 3.63) is 92.0 Å². The molecule has 1 amide bonds. The summed E-state index contributed by atoms with van der Waals surface area (Å²) < 4.78 is 15.2. The Hall–Kier alpha value is -3.55. The van der Waals surface area contributed by atoms with Crippen molar-refractivity contribution in [1.82, 2.24) is 19.7 Å². The summed E-state index contributed by atoms with van der Waals surface area (Å²) in [5.41, 5.74) is 0.101. The van der Waals surface area contributed by atoms with Gasteiger partial charge in [0.15, 0.2) is 0 Å². The minimum Gasteiger partial charge on any atom is -0.350 e. The number of carbonyl (C=O) groups excluding carboxylic acids is 1. The first-order chi connectivity index (χ1) is 14.3. The molecule has 0 radical (unpaired) electrons. The molecule has 0 atom stereocenters. The first-order valence-electron chi connectivity index (χ1n) is 9.60.